The third-order valence-electron chi connectivity index (χ3n) is 3.31. The normalized spacial score (nSPS) is 25.3. The summed E-state index contributed by atoms with van der Waals surface area (Å²) in [5.41, 5.74) is 1.99. The number of hydrogen-bond acceptors (Lipinski definition) is 5. The van der Waals surface area contributed by atoms with Gasteiger partial charge in [-0.2, -0.15) is 0 Å². The van der Waals surface area contributed by atoms with Crippen LogP contribution in [0.15, 0.2) is 23.4 Å². The fourth-order valence-electron chi connectivity index (χ4n) is 2.34. The summed E-state index contributed by atoms with van der Waals surface area (Å²) in [6.07, 6.45) is -0.127. The number of oxime groups is 1. The average Bonchev–Trinajstić information content (AvgIpc) is 3.00. The maximum absolute atomic E-state index is 5.77. The van der Waals surface area contributed by atoms with Crippen LogP contribution in [-0.4, -0.2) is 33.1 Å². The van der Waals surface area contributed by atoms with Gasteiger partial charge in [-0.3, -0.25) is 0 Å². The van der Waals surface area contributed by atoms with E-state index in [1.807, 2.05) is 18.2 Å². The van der Waals surface area contributed by atoms with Crippen LogP contribution in [-0.2, 0) is 9.57 Å². The van der Waals surface area contributed by atoms with Gasteiger partial charge < -0.3 is 19.0 Å². The molecule has 1 saturated heterocycles. The Morgan fingerprint density at radius 3 is 2.78 bits per heavy atom. The summed E-state index contributed by atoms with van der Waals surface area (Å²) >= 11 is 0. The SMILES string of the molecule is COc1ccc([C@@H]2OC[C@H]3CON=C32)cc1OC. The van der Waals surface area contributed by atoms with Crippen LogP contribution in [0.25, 0.3) is 0 Å². The predicted octanol–water partition coefficient (Wildman–Crippen LogP) is 1.78. The molecule has 1 aromatic carbocycles. The maximum atomic E-state index is 5.77. The van der Waals surface area contributed by atoms with E-state index in [4.69, 9.17) is 19.0 Å². The van der Waals surface area contributed by atoms with E-state index in [1.54, 1.807) is 14.2 Å². The second kappa shape index (κ2) is 4.49. The summed E-state index contributed by atoms with van der Waals surface area (Å²) in [5, 5.41) is 4.07. The van der Waals surface area contributed by atoms with Gasteiger partial charge in [0.05, 0.1) is 32.5 Å². The lowest BCUT2D eigenvalue weighted by atomic mass is 9.99. The summed E-state index contributed by atoms with van der Waals surface area (Å²) in [4.78, 5) is 5.12. The minimum atomic E-state index is -0.127. The lowest BCUT2D eigenvalue weighted by molar-refractivity contribution is 0.0791. The number of methoxy groups -OCH3 is 2. The third kappa shape index (κ3) is 1.71. The third-order valence-corrected chi connectivity index (χ3v) is 3.31. The number of ether oxygens (including phenoxy) is 3. The summed E-state index contributed by atoms with van der Waals surface area (Å²) in [6.45, 7) is 1.29. The first-order chi connectivity index (χ1) is 8.83. The number of rotatable bonds is 3. The molecule has 2 heterocycles. The molecular weight excluding hydrogens is 234 g/mol. The zero-order chi connectivity index (χ0) is 12.5. The molecule has 0 aromatic heterocycles. The van der Waals surface area contributed by atoms with Gasteiger partial charge in [-0.15, -0.1) is 0 Å². The van der Waals surface area contributed by atoms with Crippen molar-refractivity contribution in [3.63, 3.8) is 0 Å². The average molecular weight is 249 g/mol. The van der Waals surface area contributed by atoms with E-state index in [9.17, 15) is 0 Å². The molecule has 0 spiro atoms. The Bertz CT molecular complexity index is 486. The molecule has 2 atom stereocenters. The number of fused-ring (bicyclic) bond motifs is 1. The molecule has 5 heteroatoms. The highest BCUT2D eigenvalue weighted by Gasteiger charge is 2.38. The summed E-state index contributed by atoms with van der Waals surface area (Å²) in [7, 11) is 3.24. The van der Waals surface area contributed by atoms with E-state index in [2.05, 4.69) is 5.16 Å². The summed E-state index contributed by atoms with van der Waals surface area (Å²) in [6, 6.07) is 5.77. The lowest BCUT2D eigenvalue weighted by Gasteiger charge is -2.13. The molecule has 96 valence electrons. The molecule has 0 amide bonds. The van der Waals surface area contributed by atoms with E-state index in [1.165, 1.54) is 0 Å². The van der Waals surface area contributed by atoms with Crippen LogP contribution in [0.5, 0.6) is 11.5 Å². The van der Waals surface area contributed by atoms with Gasteiger partial charge in [0.15, 0.2) is 11.5 Å². The number of hydrogen-bond donors (Lipinski definition) is 0. The second-order valence-corrected chi connectivity index (χ2v) is 4.34. The topological polar surface area (TPSA) is 49.3 Å². The van der Waals surface area contributed by atoms with E-state index in [0.29, 0.717) is 30.6 Å². The van der Waals surface area contributed by atoms with Gasteiger partial charge in [0.2, 0.25) is 0 Å². The van der Waals surface area contributed by atoms with E-state index < -0.39 is 0 Å². The van der Waals surface area contributed by atoms with Crippen molar-refractivity contribution in [3.8, 4) is 11.5 Å². The van der Waals surface area contributed by atoms with E-state index in [0.717, 1.165) is 11.3 Å². The molecule has 0 saturated carbocycles. The number of benzene rings is 1. The molecule has 2 aliphatic rings. The Morgan fingerprint density at radius 1 is 1.17 bits per heavy atom. The fraction of sp³-hybridized carbons (Fsp3) is 0.462. The molecule has 5 nitrogen and oxygen atoms in total. The zero-order valence-corrected chi connectivity index (χ0v) is 10.4. The van der Waals surface area contributed by atoms with Gasteiger partial charge >= 0.3 is 0 Å². The van der Waals surface area contributed by atoms with Crippen LogP contribution < -0.4 is 9.47 Å². The number of nitrogens with zero attached hydrogens (tertiary/aromatic N) is 1. The lowest BCUT2D eigenvalue weighted by Crippen LogP contribution is -2.12. The Morgan fingerprint density at radius 2 is 2.00 bits per heavy atom. The van der Waals surface area contributed by atoms with Crippen molar-refractivity contribution in [3.05, 3.63) is 23.8 Å². The molecule has 18 heavy (non-hydrogen) atoms. The summed E-state index contributed by atoms with van der Waals surface area (Å²) < 4.78 is 16.3. The van der Waals surface area contributed by atoms with Crippen molar-refractivity contribution in [2.24, 2.45) is 11.1 Å². The molecule has 2 aliphatic heterocycles. The van der Waals surface area contributed by atoms with Crippen molar-refractivity contribution >= 4 is 5.71 Å². The largest absolute Gasteiger partial charge is 0.493 e. The predicted molar refractivity (Wildman–Crippen MR) is 65.1 cm³/mol. The second-order valence-electron chi connectivity index (χ2n) is 4.34. The first-order valence-electron chi connectivity index (χ1n) is 5.86. The van der Waals surface area contributed by atoms with Crippen molar-refractivity contribution < 1.29 is 19.0 Å². The quantitative estimate of drug-likeness (QED) is 0.819. The molecule has 0 aliphatic carbocycles. The van der Waals surface area contributed by atoms with Crippen molar-refractivity contribution in [2.45, 2.75) is 6.10 Å². The van der Waals surface area contributed by atoms with E-state index in [-0.39, 0.29) is 6.10 Å². The highest BCUT2D eigenvalue weighted by Crippen LogP contribution is 2.37. The Kier molecular flexibility index (Phi) is 2.83. The Labute approximate surface area is 105 Å². The minimum Gasteiger partial charge on any atom is -0.493 e. The van der Waals surface area contributed by atoms with Gasteiger partial charge in [-0.25, -0.2) is 0 Å². The fourth-order valence-corrected chi connectivity index (χ4v) is 2.34. The van der Waals surface area contributed by atoms with Gasteiger partial charge in [-0.1, -0.05) is 11.2 Å². The van der Waals surface area contributed by atoms with Crippen LogP contribution in [0.4, 0.5) is 0 Å². The molecular formula is C13H15NO4. The van der Waals surface area contributed by atoms with Gasteiger partial charge in [0.25, 0.3) is 0 Å². The molecule has 1 aromatic rings. The molecule has 1 fully saturated rings. The van der Waals surface area contributed by atoms with Crippen molar-refractivity contribution in [2.75, 3.05) is 27.4 Å². The Balaban J connectivity index is 1.93. The first-order valence-corrected chi connectivity index (χ1v) is 5.86. The van der Waals surface area contributed by atoms with Crippen LogP contribution >= 0.6 is 0 Å². The van der Waals surface area contributed by atoms with Crippen LogP contribution in [0.3, 0.4) is 0 Å². The minimum absolute atomic E-state index is 0.127. The smallest absolute Gasteiger partial charge is 0.161 e. The molecule has 3 rings (SSSR count). The monoisotopic (exact) mass is 249 g/mol. The van der Waals surface area contributed by atoms with Crippen LogP contribution in [0.1, 0.15) is 11.7 Å². The molecule has 0 radical (unpaired) electrons. The van der Waals surface area contributed by atoms with Gasteiger partial charge in [0.1, 0.15) is 12.7 Å². The Hall–Kier alpha value is -1.75. The van der Waals surface area contributed by atoms with Crippen LogP contribution in [0, 0.1) is 5.92 Å². The standard InChI is InChI=1S/C13H15NO4/c1-15-10-4-3-8(5-11(10)16-2)13-12-9(6-17-13)7-18-14-12/h3-5,9,13H,6-7H2,1-2H3/t9-,13-/m0/s1. The molecule has 0 unspecified atom stereocenters. The zero-order valence-electron chi connectivity index (χ0n) is 10.4. The maximum Gasteiger partial charge on any atom is 0.161 e. The van der Waals surface area contributed by atoms with E-state index >= 15 is 0 Å². The highest BCUT2D eigenvalue weighted by atomic mass is 16.6. The molecule has 0 N–H and O–H groups in total. The highest BCUT2D eigenvalue weighted by molar-refractivity contribution is 5.94. The summed E-state index contributed by atoms with van der Waals surface area (Å²) in [5.74, 6) is 1.70. The van der Waals surface area contributed by atoms with Crippen LogP contribution in [0.2, 0.25) is 0 Å². The van der Waals surface area contributed by atoms with Crippen molar-refractivity contribution in [1.29, 1.82) is 0 Å². The first kappa shape index (κ1) is 11.3. The van der Waals surface area contributed by atoms with Gasteiger partial charge in [-0.05, 0) is 17.7 Å². The van der Waals surface area contributed by atoms with Crippen molar-refractivity contribution in [1.82, 2.24) is 0 Å². The molecule has 0 bridgehead atoms. The van der Waals surface area contributed by atoms with Gasteiger partial charge in [0, 0.05) is 0 Å².